The Balaban J connectivity index is 2.18. The number of allylic oxidation sites excluding steroid dienone is 5. The first kappa shape index (κ1) is 13.9. The Kier molecular flexibility index (Phi) is 4.79. The average molecular weight is 252 g/mol. The smallest absolute Gasteiger partial charge is 0.0151 e. The van der Waals surface area contributed by atoms with Crippen molar-refractivity contribution in [3.63, 3.8) is 0 Å². The molecule has 1 aromatic carbocycles. The van der Waals surface area contributed by atoms with Gasteiger partial charge >= 0.3 is 0 Å². The highest BCUT2D eigenvalue weighted by Crippen LogP contribution is 2.42. The lowest BCUT2D eigenvalue weighted by molar-refractivity contribution is 0.288. The van der Waals surface area contributed by atoms with E-state index in [0.29, 0.717) is 0 Å². The van der Waals surface area contributed by atoms with Gasteiger partial charge < -0.3 is 0 Å². The highest BCUT2D eigenvalue weighted by molar-refractivity contribution is 5.59. The molecule has 0 aliphatic heterocycles. The van der Waals surface area contributed by atoms with Crippen LogP contribution in [-0.4, -0.2) is 0 Å². The summed E-state index contributed by atoms with van der Waals surface area (Å²) in [5, 5.41) is 0. The summed E-state index contributed by atoms with van der Waals surface area (Å²) < 4.78 is 0. The zero-order chi connectivity index (χ0) is 13.7. The third-order valence-corrected chi connectivity index (χ3v) is 3.86. The van der Waals surface area contributed by atoms with E-state index in [1.165, 1.54) is 29.5 Å². The van der Waals surface area contributed by atoms with Crippen LogP contribution in [0.15, 0.2) is 54.1 Å². The first-order valence-electron chi connectivity index (χ1n) is 7.27. The van der Waals surface area contributed by atoms with Gasteiger partial charge in [0, 0.05) is 0 Å². The van der Waals surface area contributed by atoms with Crippen LogP contribution in [0.25, 0.3) is 6.08 Å². The molecule has 0 radical (unpaired) electrons. The van der Waals surface area contributed by atoms with Crippen LogP contribution in [0, 0.1) is 5.92 Å². The fraction of sp³-hybridized carbons (Fsp3) is 0.368. The molecule has 0 bridgehead atoms. The molecule has 0 nitrogen and oxygen atoms in total. The van der Waals surface area contributed by atoms with E-state index in [-0.39, 0.29) is 0 Å². The normalized spacial score (nSPS) is 24.1. The maximum Gasteiger partial charge on any atom is -0.0151 e. The number of rotatable bonds is 4. The van der Waals surface area contributed by atoms with E-state index in [2.05, 4.69) is 62.4 Å². The lowest BCUT2D eigenvalue weighted by Gasteiger charge is -2.34. The maximum atomic E-state index is 2.35. The molecular weight excluding hydrogens is 228 g/mol. The second-order valence-electron chi connectivity index (χ2n) is 5.68. The zero-order valence-corrected chi connectivity index (χ0v) is 12.3. The summed E-state index contributed by atoms with van der Waals surface area (Å²) in [6, 6.07) is 8.84. The Morgan fingerprint density at radius 1 is 1.16 bits per heavy atom. The van der Waals surface area contributed by atoms with Gasteiger partial charge in [-0.1, -0.05) is 67.1 Å². The van der Waals surface area contributed by atoms with E-state index in [0.717, 1.165) is 11.8 Å². The lowest BCUT2D eigenvalue weighted by atomic mass is 9.71. The molecule has 100 valence electrons. The van der Waals surface area contributed by atoms with Gasteiger partial charge in [-0.3, -0.25) is 0 Å². The molecule has 0 heterocycles. The van der Waals surface area contributed by atoms with Crippen molar-refractivity contribution in [2.75, 3.05) is 0 Å². The summed E-state index contributed by atoms with van der Waals surface area (Å²) >= 11 is 0. The van der Waals surface area contributed by atoms with Crippen molar-refractivity contribution in [3.05, 3.63) is 65.3 Å². The second-order valence-corrected chi connectivity index (χ2v) is 5.68. The van der Waals surface area contributed by atoms with Crippen LogP contribution in [0.3, 0.4) is 0 Å². The molecule has 0 saturated heterocycles. The van der Waals surface area contributed by atoms with Gasteiger partial charge in [0.05, 0.1) is 0 Å². The number of hydrogen-bond donors (Lipinski definition) is 0. The maximum absolute atomic E-state index is 2.35. The summed E-state index contributed by atoms with van der Waals surface area (Å²) in [6.07, 6.45) is 13.4. The average Bonchev–Trinajstić information content (AvgIpc) is 2.36. The second kappa shape index (κ2) is 6.56. The number of benzene rings is 1. The van der Waals surface area contributed by atoms with Gasteiger partial charge in [-0.2, -0.15) is 0 Å². The Morgan fingerprint density at radius 2 is 1.89 bits per heavy atom. The van der Waals surface area contributed by atoms with Crippen LogP contribution in [0.2, 0.25) is 0 Å². The van der Waals surface area contributed by atoms with Crippen LogP contribution >= 0.6 is 0 Å². The Bertz CT molecular complexity index is 497. The lowest BCUT2D eigenvalue weighted by Crippen LogP contribution is -2.19. The van der Waals surface area contributed by atoms with Crippen LogP contribution in [0.5, 0.6) is 0 Å². The minimum absolute atomic E-state index is 0.773. The molecule has 0 unspecified atom stereocenters. The van der Waals surface area contributed by atoms with Crippen molar-refractivity contribution >= 4 is 6.08 Å². The fourth-order valence-electron chi connectivity index (χ4n) is 2.78. The van der Waals surface area contributed by atoms with Gasteiger partial charge in [0.15, 0.2) is 0 Å². The van der Waals surface area contributed by atoms with Crippen LogP contribution in [0.4, 0.5) is 0 Å². The summed E-state index contributed by atoms with van der Waals surface area (Å²) in [4.78, 5) is 0. The van der Waals surface area contributed by atoms with Crippen molar-refractivity contribution in [1.29, 1.82) is 0 Å². The van der Waals surface area contributed by atoms with E-state index in [4.69, 9.17) is 0 Å². The van der Waals surface area contributed by atoms with E-state index >= 15 is 0 Å². The van der Waals surface area contributed by atoms with E-state index in [1.807, 2.05) is 13.0 Å². The topological polar surface area (TPSA) is 0 Å². The van der Waals surface area contributed by atoms with Gasteiger partial charge in [0.25, 0.3) is 0 Å². The molecule has 0 aromatic heterocycles. The molecule has 0 spiro atoms. The van der Waals surface area contributed by atoms with Gasteiger partial charge in [-0.25, -0.2) is 0 Å². The Morgan fingerprint density at radius 3 is 2.58 bits per heavy atom. The van der Waals surface area contributed by atoms with Crippen LogP contribution in [0.1, 0.15) is 50.7 Å². The van der Waals surface area contributed by atoms with Crippen LogP contribution in [-0.2, 0) is 0 Å². The van der Waals surface area contributed by atoms with Gasteiger partial charge in [0.2, 0.25) is 0 Å². The first-order valence-corrected chi connectivity index (χ1v) is 7.27. The molecule has 0 amide bonds. The van der Waals surface area contributed by atoms with Crippen molar-refractivity contribution in [1.82, 2.24) is 0 Å². The summed E-state index contributed by atoms with van der Waals surface area (Å²) in [5.74, 6) is 1.67. The molecule has 1 saturated carbocycles. The van der Waals surface area contributed by atoms with Crippen molar-refractivity contribution in [2.24, 2.45) is 5.92 Å². The third kappa shape index (κ3) is 3.70. The SMILES string of the molecule is C/C=C\C=C/C(C)=Cc1ccccc1C1CC(C)C1. The molecule has 1 aliphatic carbocycles. The molecule has 0 atom stereocenters. The first-order chi connectivity index (χ1) is 9.20. The van der Waals surface area contributed by atoms with Gasteiger partial charge in [-0.05, 0) is 49.7 Å². The highest BCUT2D eigenvalue weighted by Gasteiger charge is 2.27. The summed E-state index contributed by atoms with van der Waals surface area (Å²) in [5.41, 5.74) is 4.22. The van der Waals surface area contributed by atoms with Crippen molar-refractivity contribution in [2.45, 2.75) is 39.5 Å². The van der Waals surface area contributed by atoms with Crippen molar-refractivity contribution < 1.29 is 0 Å². The van der Waals surface area contributed by atoms with E-state index < -0.39 is 0 Å². The number of hydrogen-bond acceptors (Lipinski definition) is 0. The molecule has 1 aliphatic rings. The quantitative estimate of drug-likeness (QED) is 0.600. The largest absolute Gasteiger partial charge is 0.0877 e. The Hall–Kier alpha value is -1.56. The third-order valence-electron chi connectivity index (χ3n) is 3.86. The van der Waals surface area contributed by atoms with Crippen LogP contribution < -0.4 is 0 Å². The minimum atomic E-state index is 0.773. The minimum Gasteiger partial charge on any atom is -0.0877 e. The van der Waals surface area contributed by atoms with Crippen molar-refractivity contribution in [3.8, 4) is 0 Å². The monoisotopic (exact) mass is 252 g/mol. The predicted octanol–water partition coefficient (Wildman–Crippen LogP) is 5.74. The van der Waals surface area contributed by atoms with E-state index in [1.54, 1.807) is 0 Å². The highest BCUT2D eigenvalue weighted by atomic mass is 14.3. The molecule has 0 N–H and O–H groups in total. The molecule has 1 aromatic rings. The Labute approximate surface area is 117 Å². The summed E-state index contributed by atoms with van der Waals surface area (Å²) in [6.45, 7) is 6.55. The van der Waals surface area contributed by atoms with E-state index in [9.17, 15) is 0 Å². The summed E-state index contributed by atoms with van der Waals surface area (Å²) in [7, 11) is 0. The fourth-order valence-corrected chi connectivity index (χ4v) is 2.78. The standard InChI is InChI=1S/C19H24/c1-4-5-6-9-15(2)12-17-10-7-8-11-19(17)18-13-16(3)14-18/h4-12,16,18H,13-14H2,1-3H3/b5-4-,9-6-,15-12?. The molecule has 0 heteroatoms. The molecule has 2 rings (SSSR count). The molecule has 1 fully saturated rings. The van der Waals surface area contributed by atoms with Gasteiger partial charge in [-0.15, -0.1) is 0 Å². The molecule has 19 heavy (non-hydrogen) atoms. The molecular formula is C19H24. The van der Waals surface area contributed by atoms with Gasteiger partial charge in [0.1, 0.15) is 0 Å². The predicted molar refractivity (Wildman–Crippen MR) is 85.2 cm³/mol. The zero-order valence-electron chi connectivity index (χ0n) is 12.3.